The SMILES string of the molecule is C[C@@H](C(=O)NC1CC1)N1CCN(S(=O)(=O)Cc2ccccc2)CC1. The van der Waals surface area contributed by atoms with Crippen LogP contribution < -0.4 is 5.32 Å². The fourth-order valence-corrected chi connectivity index (χ4v) is 4.48. The molecule has 0 unspecified atom stereocenters. The molecule has 132 valence electrons. The Morgan fingerprint density at radius 2 is 1.79 bits per heavy atom. The van der Waals surface area contributed by atoms with Crippen LogP contribution in [0.5, 0.6) is 0 Å². The van der Waals surface area contributed by atoms with Crippen molar-refractivity contribution in [1.29, 1.82) is 0 Å². The summed E-state index contributed by atoms with van der Waals surface area (Å²) in [4.78, 5) is 14.2. The summed E-state index contributed by atoms with van der Waals surface area (Å²) in [5.74, 6) is 0.0871. The molecule has 1 aliphatic carbocycles. The first-order valence-corrected chi connectivity index (χ1v) is 10.1. The lowest BCUT2D eigenvalue weighted by atomic mass is 10.2. The number of carbonyl (C=O) groups excluding carboxylic acids is 1. The fraction of sp³-hybridized carbons (Fsp3) is 0.588. The molecule has 2 fully saturated rings. The first-order chi connectivity index (χ1) is 11.5. The van der Waals surface area contributed by atoms with Crippen molar-refractivity contribution in [2.75, 3.05) is 26.2 Å². The lowest BCUT2D eigenvalue weighted by Gasteiger charge is -2.36. The minimum atomic E-state index is -3.31. The Morgan fingerprint density at radius 1 is 1.17 bits per heavy atom. The van der Waals surface area contributed by atoms with Gasteiger partial charge in [-0.3, -0.25) is 9.69 Å². The number of benzene rings is 1. The van der Waals surface area contributed by atoms with E-state index in [9.17, 15) is 13.2 Å². The van der Waals surface area contributed by atoms with Crippen LogP contribution >= 0.6 is 0 Å². The number of amides is 1. The Kier molecular flexibility index (Phi) is 5.22. The number of piperazine rings is 1. The average Bonchev–Trinajstić information content (AvgIpc) is 3.39. The van der Waals surface area contributed by atoms with Crippen molar-refractivity contribution in [3.05, 3.63) is 35.9 Å². The average molecular weight is 351 g/mol. The number of sulfonamides is 1. The molecule has 0 aromatic heterocycles. The van der Waals surface area contributed by atoms with Crippen LogP contribution in [0.4, 0.5) is 0 Å². The maximum absolute atomic E-state index is 12.5. The molecular formula is C17H25N3O3S. The highest BCUT2D eigenvalue weighted by molar-refractivity contribution is 7.88. The van der Waals surface area contributed by atoms with Crippen LogP contribution in [0, 0.1) is 0 Å². The van der Waals surface area contributed by atoms with E-state index in [2.05, 4.69) is 10.2 Å². The highest BCUT2D eigenvalue weighted by Gasteiger charge is 2.32. The normalized spacial score (nSPS) is 21.4. The Morgan fingerprint density at radius 3 is 2.38 bits per heavy atom. The molecule has 0 radical (unpaired) electrons. The van der Waals surface area contributed by atoms with Gasteiger partial charge in [0.15, 0.2) is 0 Å². The lowest BCUT2D eigenvalue weighted by molar-refractivity contribution is -0.126. The molecule has 1 atom stereocenters. The van der Waals surface area contributed by atoms with Gasteiger partial charge < -0.3 is 5.32 Å². The molecule has 24 heavy (non-hydrogen) atoms. The van der Waals surface area contributed by atoms with Gasteiger partial charge in [-0.25, -0.2) is 8.42 Å². The highest BCUT2D eigenvalue weighted by atomic mass is 32.2. The van der Waals surface area contributed by atoms with Gasteiger partial charge in [-0.1, -0.05) is 30.3 Å². The standard InChI is InChI=1S/C17H25N3O3S/c1-14(17(21)18-16-7-8-16)19-9-11-20(12-10-19)24(22,23)13-15-5-3-2-4-6-15/h2-6,14,16H,7-13H2,1H3,(H,18,21)/t14-/m0/s1. The Labute approximate surface area is 143 Å². The minimum absolute atomic E-state index is 0.0333. The third-order valence-corrected chi connectivity index (χ3v) is 6.56. The molecule has 0 spiro atoms. The van der Waals surface area contributed by atoms with Crippen LogP contribution in [0.15, 0.2) is 30.3 Å². The molecule has 6 nitrogen and oxygen atoms in total. The van der Waals surface area contributed by atoms with E-state index < -0.39 is 10.0 Å². The predicted octanol–water partition coefficient (Wildman–Crippen LogP) is 0.801. The summed E-state index contributed by atoms with van der Waals surface area (Å²) in [6.45, 7) is 3.96. The Bertz CT molecular complexity index is 666. The van der Waals surface area contributed by atoms with Crippen LogP contribution in [-0.4, -0.2) is 61.8 Å². The van der Waals surface area contributed by atoms with Crippen LogP contribution in [0.25, 0.3) is 0 Å². The van der Waals surface area contributed by atoms with Crippen molar-refractivity contribution in [2.24, 2.45) is 0 Å². The van der Waals surface area contributed by atoms with Gasteiger partial charge >= 0.3 is 0 Å². The maximum Gasteiger partial charge on any atom is 0.237 e. The molecular weight excluding hydrogens is 326 g/mol. The largest absolute Gasteiger partial charge is 0.352 e. The van der Waals surface area contributed by atoms with Crippen molar-refractivity contribution >= 4 is 15.9 Å². The second-order valence-electron chi connectivity index (χ2n) is 6.64. The van der Waals surface area contributed by atoms with Crippen molar-refractivity contribution in [2.45, 2.75) is 37.6 Å². The molecule has 2 aliphatic rings. The second kappa shape index (κ2) is 7.21. The van der Waals surface area contributed by atoms with Crippen molar-refractivity contribution < 1.29 is 13.2 Å². The lowest BCUT2D eigenvalue weighted by Crippen LogP contribution is -2.55. The molecule has 7 heteroatoms. The van der Waals surface area contributed by atoms with Gasteiger partial charge in [0.25, 0.3) is 0 Å². The number of nitrogens with one attached hydrogen (secondary N) is 1. The minimum Gasteiger partial charge on any atom is -0.352 e. The van der Waals surface area contributed by atoms with Gasteiger partial charge in [-0.2, -0.15) is 4.31 Å². The summed E-state index contributed by atoms with van der Waals surface area (Å²) < 4.78 is 26.6. The number of nitrogens with zero attached hydrogens (tertiary/aromatic N) is 2. The summed E-state index contributed by atoms with van der Waals surface area (Å²) in [5, 5.41) is 3.01. The molecule has 1 amide bonds. The molecule has 1 saturated heterocycles. The van der Waals surface area contributed by atoms with Gasteiger partial charge in [-0.15, -0.1) is 0 Å². The molecule has 1 N–H and O–H groups in total. The van der Waals surface area contributed by atoms with Gasteiger partial charge in [0.05, 0.1) is 11.8 Å². The first-order valence-electron chi connectivity index (χ1n) is 8.52. The third kappa shape index (κ3) is 4.34. The van der Waals surface area contributed by atoms with E-state index in [1.807, 2.05) is 37.3 Å². The van der Waals surface area contributed by atoms with Gasteiger partial charge in [-0.05, 0) is 25.3 Å². The monoisotopic (exact) mass is 351 g/mol. The maximum atomic E-state index is 12.5. The molecule has 1 aromatic carbocycles. The number of rotatable bonds is 6. The smallest absolute Gasteiger partial charge is 0.237 e. The predicted molar refractivity (Wildman–Crippen MR) is 92.8 cm³/mol. The summed E-state index contributed by atoms with van der Waals surface area (Å²) in [6, 6.07) is 9.39. The Balaban J connectivity index is 1.53. The third-order valence-electron chi connectivity index (χ3n) is 4.71. The number of hydrogen-bond donors (Lipinski definition) is 1. The van der Waals surface area contributed by atoms with Gasteiger partial charge in [0.1, 0.15) is 0 Å². The van der Waals surface area contributed by atoms with Crippen LogP contribution in [0.1, 0.15) is 25.3 Å². The van der Waals surface area contributed by atoms with Gasteiger partial charge in [0, 0.05) is 32.2 Å². The van der Waals surface area contributed by atoms with E-state index in [0.717, 1.165) is 18.4 Å². The fourth-order valence-electron chi connectivity index (χ4n) is 2.96. The van der Waals surface area contributed by atoms with E-state index in [-0.39, 0.29) is 17.7 Å². The number of carbonyl (C=O) groups is 1. The number of hydrogen-bond acceptors (Lipinski definition) is 4. The van der Waals surface area contributed by atoms with E-state index in [1.165, 1.54) is 0 Å². The van der Waals surface area contributed by atoms with E-state index in [0.29, 0.717) is 32.2 Å². The van der Waals surface area contributed by atoms with Gasteiger partial charge in [0.2, 0.25) is 15.9 Å². The van der Waals surface area contributed by atoms with Crippen molar-refractivity contribution in [1.82, 2.24) is 14.5 Å². The van der Waals surface area contributed by atoms with Crippen LogP contribution in [0.2, 0.25) is 0 Å². The molecule has 1 aromatic rings. The molecule has 0 bridgehead atoms. The summed E-state index contributed by atoms with van der Waals surface area (Å²) in [7, 11) is -3.31. The van der Waals surface area contributed by atoms with Crippen molar-refractivity contribution in [3.8, 4) is 0 Å². The second-order valence-corrected chi connectivity index (χ2v) is 8.60. The topological polar surface area (TPSA) is 69.7 Å². The molecule has 3 rings (SSSR count). The zero-order chi connectivity index (χ0) is 17.2. The zero-order valence-electron chi connectivity index (χ0n) is 14.0. The van der Waals surface area contributed by atoms with E-state index in [4.69, 9.17) is 0 Å². The first kappa shape index (κ1) is 17.4. The Hall–Kier alpha value is -1.44. The quantitative estimate of drug-likeness (QED) is 0.823. The van der Waals surface area contributed by atoms with E-state index >= 15 is 0 Å². The highest BCUT2D eigenvalue weighted by Crippen LogP contribution is 2.20. The molecule has 1 heterocycles. The zero-order valence-corrected chi connectivity index (χ0v) is 14.8. The molecule has 1 aliphatic heterocycles. The summed E-state index contributed by atoms with van der Waals surface area (Å²) in [5.41, 5.74) is 0.803. The summed E-state index contributed by atoms with van der Waals surface area (Å²) in [6.07, 6.45) is 2.15. The summed E-state index contributed by atoms with van der Waals surface area (Å²) >= 11 is 0. The van der Waals surface area contributed by atoms with E-state index in [1.54, 1.807) is 4.31 Å². The molecule has 1 saturated carbocycles. The van der Waals surface area contributed by atoms with Crippen LogP contribution in [-0.2, 0) is 20.6 Å². The van der Waals surface area contributed by atoms with Crippen molar-refractivity contribution in [3.63, 3.8) is 0 Å². The van der Waals surface area contributed by atoms with Crippen LogP contribution in [0.3, 0.4) is 0 Å².